The molecule has 1 saturated carbocycles. The van der Waals surface area contributed by atoms with Crippen molar-refractivity contribution in [1.29, 1.82) is 0 Å². The molecule has 1 aliphatic rings. The summed E-state index contributed by atoms with van der Waals surface area (Å²) in [4.78, 5) is 20.4. The average molecular weight is 177 g/mol. The van der Waals surface area contributed by atoms with Crippen LogP contribution in [0.15, 0.2) is 0 Å². The fourth-order valence-electron chi connectivity index (χ4n) is 1.12. The summed E-state index contributed by atoms with van der Waals surface area (Å²) < 4.78 is 13.2. The highest BCUT2D eigenvalue weighted by Gasteiger charge is 2.73. The van der Waals surface area contributed by atoms with Gasteiger partial charge in [0, 0.05) is 6.42 Å². The van der Waals surface area contributed by atoms with Crippen molar-refractivity contribution in [1.82, 2.24) is 0 Å². The van der Waals surface area contributed by atoms with Crippen molar-refractivity contribution in [2.45, 2.75) is 24.0 Å². The van der Waals surface area contributed by atoms with Gasteiger partial charge in [0.2, 0.25) is 0 Å². The molecule has 0 aromatic carbocycles. The van der Waals surface area contributed by atoms with Gasteiger partial charge in [-0.25, -0.2) is 4.39 Å². The monoisotopic (exact) mass is 177 g/mol. The highest BCUT2D eigenvalue weighted by atomic mass is 19.1. The predicted molar refractivity (Wildman–Crippen MR) is 35.3 cm³/mol. The Kier molecular flexibility index (Phi) is 1.61. The van der Waals surface area contributed by atoms with Gasteiger partial charge >= 0.3 is 11.9 Å². The minimum atomic E-state index is -2.27. The van der Waals surface area contributed by atoms with Gasteiger partial charge in [-0.15, -0.1) is 0 Å². The van der Waals surface area contributed by atoms with Crippen LogP contribution in [0.2, 0.25) is 0 Å². The Balaban J connectivity index is 2.70. The smallest absolute Gasteiger partial charge is 0.327 e. The molecule has 0 aromatic rings. The van der Waals surface area contributed by atoms with Crippen LogP contribution < -0.4 is 5.73 Å². The molecule has 0 heterocycles. The molecule has 0 aromatic heterocycles. The summed E-state index contributed by atoms with van der Waals surface area (Å²) in [5, 5.41) is 16.6. The maximum atomic E-state index is 13.2. The first-order valence-corrected chi connectivity index (χ1v) is 3.25. The SMILES string of the molecule is NC1(C(=O)O)C[C@@]1(F)CC(=O)O. The van der Waals surface area contributed by atoms with E-state index in [1.165, 1.54) is 0 Å². The number of carboxylic acid groups (broad SMARTS) is 2. The molecule has 0 spiro atoms. The molecule has 1 unspecified atom stereocenters. The molecule has 68 valence electrons. The molecule has 1 rings (SSSR count). The molecule has 4 N–H and O–H groups in total. The van der Waals surface area contributed by atoms with Gasteiger partial charge in [0.1, 0.15) is 0 Å². The van der Waals surface area contributed by atoms with Gasteiger partial charge in [0.25, 0.3) is 0 Å². The number of rotatable bonds is 3. The molecule has 0 saturated heterocycles. The second kappa shape index (κ2) is 2.16. The fraction of sp³-hybridized carbons (Fsp3) is 0.667. The first-order valence-electron chi connectivity index (χ1n) is 3.25. The van der Waals surface area contributed by atoms with E-state index in [2.05, 4.69) is 0 Å². The highest BCUT2D eigenvalue weighted by molar-refractivity contribution is 5.87. The van der Waals surface area contributed by atoms with Gasteiger partial charge in [0.15, 0.2) is 11.2 Å². The lowest BCUT2D eigenvalue weighted by atomic mass is 10.1. The first kappa shape index (κ1) is 8.92. The third-order valence-corrected chi connectivity index (χ3v) is 2.05. The molecule has 2 atom stereocenters. The van der Waals surface area contributed by atoms with E-state index in [1.807, 2.05) is 0 Å². The Morgan fingerprint density at radius 2 is 2.00 bits per heavy atom. The number of hydrogen-bond acceptors (Lipinski definition) is 3. The van der Waals surface area contributed by atoms with Crippen LogP contribution in [-0.4, -0.2) is 33.4 Å². The summed E-state index contributed by atoms with van der Waals surface area (Å²) in [6, 6.07) is 0. The predicted octanol–water partition coefficient (Wildman–Crippen LogP) is -0.645. The molecular formula is C6H8FNO4. The van der Waals surface area contributed by atoms with Crippen LogP contribution in [-0.2, 0) is 9.59 Å². The molecule has 0 radical (unpaired) electrons. The molecule has 12 heavy (non-hydrogen) atoms. The lowest BCUT2D eigenvalue weighted by Gasteiger charge is -2.07. The van der Waals surface area contributed by atoms with Crippen LogP contribution in [0.1, 0.15) is 12.8 Å². The second-order valence-corrected chi connectivity index (χ2v) is 2.99. The summed E-state index contributed by atoms with van der Waals surface area (Å²) in [5.41, 5.74) is 0.810. The molecule has 0 bridgehead atoms. The molecular weight excluding hydrogens is 169 g/mol. The van der Waals surface area contributed by atoms with Crippen LogP contribution in [0.5, 0.6) is 0 Å². The zero-order valence-electron chi connectivity index (χ0n) is 6.08. The van der Waals surface area contributed by atoms with Crippen molar-refractivity contribution in [2.75, 3.05) is 0 Å². The summed E-state index contributed by atoms with van der Waals surface area (Å²) in [5.74, 6) is -2.88. The number of halogens is 1. The normalized spacial score (nSPS) is 39.2. The van der Waals surface area contributed by atoms with Gasteiger partial charge in [-0.1, -0.05) is 0 Å². The summed E-state index contributed by atoms with van der Waals surface area (Å²) in [7, 11) is 0. The second-order valence-electron chi connectivity index (χ2n) is 2.99. The van der Waals surface area contributed by atoms with E-state index in [0.717, 1.165) is 0 Å². The lowest BCUT2D eigenvalue weighted by Crippen LogP contribution is -2.41. The Hall–Kier alpha value is -1.17. The minimum absolute atomic E-state index is 0.429. The van der Waals surface area contributed by atoms with Gasteiger partial charge < -0.3 is 15.9 Å². The van der Waals surface area contributed by atoms with Crippen molar-refractivity contribution in [3.63, 3.8) is 0 Å². The van der Waals surface area contributed by atoms with Gasteiger partial charge in [-0.05, 0) is 0 Å². The Morgan fingerprint density at radius 1 is 1.50 bits per heavy atom. The lowest BCUT2D eigenvalue weighted by molar-refractivity contribution is -0.142. The highest BCUT2D eigenvalue weighted by Crippen LogP contribution is 2.51. The fourth-order valence-corrected chi connectivity index (χ4v) is 1.12. The van der Waals surface area contributed by atoms with Crippen LogP contribution in [0.25, 0.3) is 0 Å². The third kappa shape index (κ3) is 1.04. The van der Waals surface area contributed by atoms with Crippen LogP contribution in [0.3, 0.4) is 0 Å². The van der Waals surface area contributed by atoms with Gasteiger partial charge in [-0.2, -0.15) is 0 Å². The summed E-state index contributed by atoms with van der Waals surface area (Å²) >= 11 is 0. The van der Waals surface area contributed by atoms with Gasteiger partial charge in [0.05, 0.1) is 6.42 Å². The molecule has 1 fully saturated rings. The van der Waals surface area contributed by atoms with Crippen molar-refractivity contribution in [3.05, 3.63) is 0 Å². The summed E-state index contributed by atoms with van der Waals surface area (Å²) in [6.45, 7) is 0. The Bertz CT molecular complexity index is 256. The van der Waals surface area contributed by atoms with Crippen molar-refractivity contribution < 1.29 is 24.2 Å². The first-order chi connectivity index (χ1) is 5.32. The Labute approximate surface area is 67.0 Å². The number of aliphatic carboxylic acids is 2. The largest absolute Gasteiger partial charge is 0.481 e. The molecule has 5 nitrogen and oxygen atoms in total. The molecule has 6 heteroatoms. The van der Waals surface area contributed by atoms with E-state index >= 15 is 0 Å². The third-order valence-electron chi connectivity index (χ3n) is 2.05. The zero-order valence-corrected chi connectivity index (χ0v) is 6.08. The van der Waals surface area contributed by atoms with Crippen molar-refractivity contribution >= 4 is 11.9 Å². The standard InChI is InChI=1S/C6H8FNO4/c7-5(1-3(9)10)2-6(5,8)4(11)12/h1-2,8H2,(H,9,10)(H,11,12)/t5-,6?/m0/s1. The van der Waals surface area contributed by atoms with Gasteiger partial charge in [-0.3, -0.25) is 9.59 Å². The van der Waals surface area contributed by atoms with E-state index in [9.17, 15) is 14.0 Å². The Morgan fingerprint density at radius 3 is 2.25 bits per heavy atom. The number of hydrogen-bond donors (Lipinski definition) is 3. The van der Waals surface area contributed by atoms with Crippen molar-refractivity contribution in [2.24, 2.45) is 5.73 Å². The topological polar surface area (TPSA) is 101 Å². The van der Waals surface area contributed by atoms with E-state index in [1.54, 1.807) is 0 Å². The molecule has 0 amide bonds. The quantitative estimate of drug-likeness (QED) is 0.532. The summed E-state index contributed by atoms with van der Waals surface area (Å²) in [6.07, 6.45) is -1.28. The van der Waals surface area contributed by atoms with E-state index in [4.69, 9.17) is 15.9 Å². The molecule has 0 aliphatic heterocycles. The van der Waals surface area contributed by atoms with E-state index in [-0.39, 0.29) is 0 Å². The maximum Gasteiger partial charge on any atom is 0.327 e. The number of carboxylic acids is 2. The average Bonchev–Trinajstić information content (AvgIpc) is 2.33. The number of nitrogens with two attached hydrogens (primary N) is 1. The van der Waals surface area contributed by atoms with E-state index in [0.29, 0.717) is 0 Å². The number of alkyl halides is 1. The van der Waals surface area contributed by atoms with Crippen molar-refractivity contribution in [3.8, 4) is 0 Å². The van der Waals surface area contributed by atoms with Crippen LogP contribution >= 0.6 is 0 Å². The van der Waals surface area contributed by atoms with Crippen LogP contribution in [0, 0.1) is 0 Å². The van der Waals surface area contributed by atoms with Crippen LogP contribution in [0.4, 0.5) is 4.39 Å². The maximum absolute atomic E-state index is 13.2. The zero-order chi connectivity index (χ0) is 9.57. The minimum Gasteiger partial charge on any atom is -0.481 e. The number of carbonyl (C=O) groups is 2. The molecule has 1 aliphatic carbocycles. The van der Waals surface area contributed by atoms with E-state index < -0.39 is 36.0 Å².